The van der Waals surface area contributed by atoms with Crippen LogP contribution in [0.2, 0.25) is 0 Å². The zero-order valence-electron chi connectivity index (χ0n) is 19.6. The Balaban J connectivity index is 1.24. The van der Waals surface area contributed by atoms with Crippen LogP contribution >= 0.6 is 0 Å². The van der Waals surface area contributed by atoms with Crippen LogP contribution in [-0.4, -0.2) is 53.1 Å². The number of benzene rings is 1. The van der Waals surface area contributed by atoms with Gasteiger partial charge in [-0.05, 0) is 61.4 Å². The molecule has 1 atom stereocenters. The molecular weight excluding hydrogens is 414 g/mol. The highest BCUT2D eigenvalue weighted by Crippen LogP contribution is 2.30. The van der Waals surface area contributed by atoms with Gasteiger partial charge in [-0.15, -0.1) is 5.10 Å². The number of hydrogen-bond acceptors (Lipinski definition) is 5. The summed E-state index contributed by atoms with van der Waals surface area (Å²) in [4.78, 5) is 29.3. The largest absolute Gasteiger partial charge is 0.354 e. The Hall–Kier alpha value is -2.96. The lowest BCUT2D eigenvalue weighted by atomic mass is 9.89. The smallest absolute Gasteiger partial charge is 0.229 e. The van der Waals surface area contributed by atoms with Crippen molar-refractivity contribution in [2.24, 2.45) is 5.92 Å². The van der Waals surface area contributed by atoms with Crippen LogP contribution in [0.15, 0.2) is 42.6 Å². The van der Waals surface area contributed by atoms with E-state index >= 15 is 0 Å². The number of rotatable bonds is 8. The third kappa shape index (κ3) is 6.09. The van der Waals surface area contributed by atoms with Gasteiger partial charge < -0.3 is 15.1 Å². The second-order valence-electron chi connectivity index (χ2n) is 9.24. The van der Waals surface area contributed by atoms with E-state index in [-0.39, 0.29) is 11.8 Å². The van der Waals surface area contributed by atoms with Gasteiger partial charge >= 0.3 is 0 Å². The van der Waals surface area contributed by atoms with Gasteiger partial charge in [0.25, 0.3) is 0 Å². The third-order valence-corrected chi connectivity index (χ3v) is 6.93. The number of nitrogens with one attached hydrogen (secondary N) is 1. The number of unbranched alkanes of at least 4 members (excludes halogenated alkanes) is 2. The molecule has 2 amide bonds. The fourth-order valence-electron chi connectivity index (χ4n) is 4.87. The predicted octanol–water partition coefficient (Wildman–Crippen LogP) is 4.23. The Morgan fingerprint density at radius 2 is 1.82 bits per heavy atom. The molecule has 0 radical (unpaired) electrons. The molecule has 1 aromatic heterocycles. The molecule has 33 heavy (non-hydrogen) atoms. The number of aromatic nitrogens is 2. The molecule has 7 heteroatoms. The Morgan fingerprint density at radius 1 is 1.03 bits per heavy atom. The summed E-state index contributed by atoms with van der Waals surface area (Å²) in [6, 6.07) is 12.1. The minimum absolute atomic E-state index is 0.0501. The van der Waals surface area contributed by atoms with Gasteiger partial charge in [-0.2, -0.15) is 5.10 Å². The fraction of sp³-hybridized carbons (Fsp3) is 0.538. The molecule has 3 heterocycles. The number of piperidine rings is 1. The zero-order chi connectivity index (χ0) is 23.0. The highest BCUT2D eigenvalue weighted by molar-refractivity contribution is 5.93. The average Bonchev–Trinajstić information content (AvgIpc) is 3.36. The van der Waals surface area contributed by atoms with E-state index in [1.807, 2.05) is 29.2 Å². The van der Waals surface area contributed by atoms with Crippen molar-refractivity contribution in [2.75, 3.05) is 36.4 Å². The first-order chi connectivity index (χ1) is 16.1. The number of amides is 2. The number of likely N-dealkylation sites (tertiary alicyclic amines) is 1. The molecule has 0 aliphatic carbocycles. The molecule has 2 aliphatic rings. The van der Waals surface area contributed by atoms with Crippen molar-refractivity contribution in [1.82, 2.24) is 15.1 Å². The number of carbonyl (C=O) groups excluding carboxylic acids is 2. The van der Waals surface area contributed by atoms with E-state index in [1.165, 1.54) is 5.56 Å². The van der Waals surface area contributed by atoms with E-state index in [9.17, 15) is 9.59 Å². The normalized spacial score (nSPS) is 19.0. The Kier molecular flexibility index (Phi) is 7.92. The average molecular weight is 450 g/mol. The second-order valence-corrected chi connectivity index (χ2v) is 9.24. The molecule has 2 saturated heterocycles. The minimum atomic E-state index is -0.0501. The second kappa shape index (κ2) is 11.3. The first-order valence-corrected chi connectivity index (χ1v) is 12.3. The van der Waals surface area contributed by atoms with Crippen LogP contribution < -0.4 is 10.2 Å². The van der Waals surface area contributed by atoms with Crippen LogP contribution in [0.25, 0.3) is 0 Å². The minimum Gasteiger partial charge on any atom is -0.354 e. The van der Waals surface area contributed by atoms with Crippen LogP contribution in [-0.2, 0) is 9.59 Å². The van der Waals surface area contributed by atoms with Gasteiger partial charge in [-0.25, -0.2) is 0 Å². The molecule has 2 fully saturated rings. The Morgan fingerprint density at radius 3 is 2.52 bits per heavy atom. The summed E-state index contributed by atoms with van der Waals surface area (Å²) < 4.78 is 0. The number of hydrogen-bond donors (Lipinski definition) is 1. The molecule has 1 aromatic carbocycles. The lowest BCUT2D eigenvalue weighted by molar-refractivity contribution is -0.132. The summed E-state index contributed by atoms with van der Waals surface area (Å²) >= 11 is 0. The van der Waals surface area contributed by atoms with E-state index in [4.69, 9.17) is 0 Å². The Labute approximate surface area is 196 Å². The van der Waals surface area contributed by atoms with Crippen molar-refractivity contribution in [2.45, 2.75) is 57.8 Å². The fourth-order valence-corrected chi connectivity index (χ4v) is 4.87. The molecule has 4 rings (SSSR count). The molecule has 0 spiro atoms. The summed E-state index contributed by atoms with van der Waals surface area (Å²) in [5.41, 5.74) is 2.13. The van der Waals surface area contributed by atoms with Crippen LogP contribution in [0.1, 0.15) is 63.4 Å². The lowest BCUT2D eigenvalue weighted by Gasteiger charge is -2.32. The van der Waals surface area contributed by atoms with E-state index in [2.05, 4.69) is 39.5 Å². The van der Waals surface area contributed by atoms with Crippen molar-refractivity contribution in [3.8, 4) is 0 Å². The summed E-state index contributed by atoms with van der Waals surface area (Å²) in [5.74, 6) is 1.62. The van der Waals surface area contributed by atoms with Gasteiger partial charge in [0.2, 0.25) is 11.8 Å². The van der Waals surface area contributed by atoms with Crippen molar-refractivity contribution in [1.29, 1.82) is 0 Å². The summed E-state index contributed by atoms with van der Waals surface area (Å²) in [6.45, 7) is 5.33. The van der Waals surface area contributed by atoms with Gasteiger partial charge in [0.05, 0.1) is 5.92 Å². The van der Waals surface area contributed by atoms with E-state index in [0.717, 1.165) is 69.7 Å². The van der Waals surface area contributed by atoms with Crippen LogP contribution in [0.4, 0.5) is 11.5 Å². The molecule has 0 unspecified atom stereocenters. The molecule has 0 bridgehead atoms. The maximum atomic E-state index is 12.8. The third-order valence-electron chi connectivity index (χ3n) is 6.93. The van der Waals surface area contributed by atoms with Crippen molar-refractivity contribution in [3.05, 3.63) is 48.2 Å². The lowest BCUT2D eigenvalue weighted by Crippen LogP contribution is -2.37. The van der Waals surface area contributed by atoms with E-state index in [1.54, 1.807) is 6.20 Å². The molecule has 0 saturated carbocycles. The maximum Gasteiger partial charge on any atom is 0.229 e. The van der Waals surface area contributed by atoms with Gasteiger partial charge in [0.1, 0.15) is 0 Å². The first-order valence-electron chi connectivity index (χ1n) is 12.3. The molecule has 176 valence electrons. The first kappa shape index (κ1) is 23.2. The number of carbonyl (C=O) groups is 2. The van der Waals surface area contributed by atoms with E-state index < -0.39 is 0 Å². The molecule has 2 aliphatic heterocycles. The topological polar surface area (TPSA) is 78.4 Å². The number of nitrogens with zero attached hydrogens (tertiary/aromatic N) is 4. The highest BCUT2D eigenvalue weighted by atomic mass is 16.2. The zero-order valence-corrected chi connectivity index (χ0v) is 19.6. The molecule has 2 aromatic rings. The SMILES string of the molecule is CCCCCC(=O)N1CCC(c2ccc(NC(=O)[C@H]3CCN(c4cccnn4)C3)cc2)CC1. The quantitative estimate of drug-likeness (QED) is 0.610. The van der Waals surface area contributed by atoms with Gasteiger partial charge in [-0.1, -0.05) is 31.9 Å². The van der Waals surface area contributed by atoms with Gasteiger partial charge in [0, 0.05) is 44.5 Å². The Bertz CT molecular complexity index is 910. The monoisotopic (exact) mass is 449 g/mol. The van der Waals surface area contributed by atoms with E-state index in [0.29, 0.717) is 24.8 Å². The van der Waals surface area contributed by atoms with Gasteiger partial charge in [0.15, 0.2) is 5.82 Å². The van der Waals surface area contributed by atoms with Crippen LogP contribution in [0.5, 0.6) is 0 Å². The van der Waals surface area contributed by atoms with Crippen LogP contribution in [0, 0.1) is 5.92 Å². The summed E-state index contributed by atoms with van der Waals surface area (Å²) in [6.07, 6.45) is 8.45. The summed E-state index contributed by atoms with van der Waals surface area (Å²) in [7, 11) is 0. The number of anilines is 2. The molecular formula is C26H35N5O2. The van der Waals surface area contributed by atoms with Crippen molar-refractivity contribution >= 4 is 23.3 Å². The maximum absolute atomic E-state index is 12.8. The van der Waals surface area contributed by atoms with Crippen LogP contribution in [0.3, 0.4) is 0 Å². The van der Waals surface area contributed by atoms with Crippen molar-refractivity contribution in [3.63, 3.8) is 0 Å². The van der Waals surface area contributed by atoms with Gasteiger partial charge in [-0.3, -0.25) is 9.59 Å². The standard InChI is InChI=1S/C26H35N5O2/c1-2-3-4-7-25(32)30-16-12-21(13-17-30)20-8-10-23(11-9-20)28-26(33)22-14-18-31(19-22)24-6-5-15-27-29-24/h5-6,8-11,15,21-22H,2-4,7,12-14,16-19H2,1H3,(H,28,33)/t22-/m0/s1. The summed E-state index contributed by atoms with van der Waals surface area (Å²) in [5, 5.41) is 11.2. The predicted molar refractivity (Wildman–Crippen MR) is 130 cm³/mol. The molecule has 7 nitrogen and oxygen atoms in total. The molecule has 1 N–H and O–H groups in total. The van der Waals surface area contributed by atoms with Crippen molar-refractivity contribution < 1.29 is 9.59 Å². The highest BCUT2D eigenvalue weighted by Gasteiger charge is 2.29.